The fourth-order valence-electron chi connectivity index (χ4n) is 4.64. The molecular weight excluding hydrogens is 344 g/mol. The van der Waals surface area contributed by atoms with E-state index in [0.29, 0.717) is 5.91 Å². The average Bonchev–Trinajstić information content (AvgIpc) is 2.92. The summed E-state index contributed by atoms with van der Waals surface area (Å²) >= 11 is 1.67. The van der Waals surface area contributed by atoms with Crippen LogP contribution in [0.4, 0.5) is 0 Å². The zero-order chi connectivity index (χ0) is 17.9. The standard InChI is InChI=1S/C21H30N2O2S/c24-20(22-10-4-1-2-5-11-22)16-8-9-18-17(14-16)15-19(26-18)21(25)23-12-6-3-7-13-23/h15-16H,1-14H2/t16-/m0/s1. The first-order valence-corrected chi connectivity index (χ1v) is 11.2. The average molecular weight is 375 g/mol. The highest BCUT2D eigenvalue weighted by Gasteiger charge is 2.31. The highest BCUT2D eigenvalue weighted by molar-refractivity contribution is 7.14. The smallest absolute Gasteiger partial charge is 0.263 e. The molecule has 2 aliphatic heterocycles. The quantitative estimate of drug-likeness (QED) is 0.788. The van der Waals surface area contributed by atoms with Crippen molar-refractivity contribution in [3.05, 3.63) is 21.4 Å². The Bertz CT molecular complexity index is 655. The summed E-state index contributed by atoms with van der Waals surface area (Å²) in [5, 5.41) is 0. The first-order valence-electron chi connectivity index (χ1n) is 10.4. The largest absolute Gasteiger partial charge is 0.342 e. The second-order valence-corrected chi connectivity index (χ2v) is 9.23. The van der Waals surface area contributed by atoms with E-state index in [-0.39, 0.29) is 11.8 Å². The maximum absolute atomic E-state index is 13.0. The van der Waals surface area contributed by atoms with Crippen molar-refractivity contribution in [3.8, 4) is 0 Å². The van der Waals surface area contributed by atoms with Gasteiger partial charge in [-0.1, -0.05) is 12.8 Å². The number of thiophene rings is 1. The lowest BCUT2D eigenvalue weighted by molar-refractivity contribution is -0.135. The van der Waals surface area contributed by atoms with Crippen molar-refractivity contribution >= 4 is 23.2 Å². The molecule has 1 aliphatic carbocycles. The summed E-state index contributed by atoms with van der Waals surface area (Å²) in [5.74, 6) is 0.681. The normalized spacial score (nSPS) is 24.1. The van der Waals surface area contributed by atoms with Crippen LogP contribution in [0.15, 0.2) is 6.07 Å². The van der Waals surface area contributed by atoms with Gasteiger partial charge in [0.05, 0.1) is 4.88 Å². The first-order chi connectivity index (χ1) is 12.7. The van der Waals surface area contributed by atoms with E-state index < -0.39 is 0 Å². The summed E-state index contributed by atoms with van der Waals surface area (Å²) in [7, 11) is 0. The number of hydrogen-bond acceptors (Lipinski definition) is 3. The van der Waals surface area contributed by atoms with Gasteiger partial charge in [0.15, 0.2) is 0 Å². The number of rotatable bonds is 2. The van der Waals surface area contributed by atoms with Crippen LogP contribution in [0.25, 0.3) is 0 Å². The van der Waals surface area contributed by atoms with Crippen molar-refractivity contribution in [1.82, 2.24) is 9.80 Å². The lowest BCUT2D eigenvalue weighted by Gasteiger charge is -2.28. The Morgan fingerprint density at radius 2 is 1.50 bits per heavy atom. The van der Waals surface area contributed by atoms with Gasteiger partial charge < -0.3 is 9.80 Å². The van der Waals surface area contributed by atoms with Gasteiger partial charge in [0.25, 0.3) is 5.91 Å². The molecule has 1 aromatic heterocycles. The fraction of sp³-hybridized carbons (Fsp3) is 0.714. The second kappa shape index (κ2) is 8.12. The maximum atomic E-state index is 13.0. The van der Waals surface area contributed by atoms with E-state index in [1.807, 2.05) is 4.90 Å². The van der Waals surface area contributed by atoms with E-state index >= 15 is 0 Å². The SMILES string of the molecule is O=C(c1cc2c(s1)CC[C@H](C(=O)N1CCCCCC1)C2)N1CCCCC1. The number of fused-ring (bicyclic) bond motifs is 1. The molecule has 1 aromatic rings. The molecule has 2 fully saturated rings. The predicted molar refractivity (Wildman–Crippen MR) is 105 cm³/mol. The number of likely N-dealkylation sites (tertiary alicyclic amines) is 2. The van der Waals surface area contributed by atoms with Crippen molar-refractivity contribution in [2.24, 2.45) is 5.92 Å². The number of hydrogen-bond donors (Lipinski definition) is 0. The minimum absolute atomic E-state index is 0.119. The monoisotopic (exact) mass is 374 g/mol. The molecule has 0 spiro atoms. The molecule has 5 heteroatoms. The Balaban J connectivity index is 1.42. The van der Waals surface area contributed by atoms with Crippen molar-refractivity contribution < 1.29 is 9.59 Å². The summed E-state index contributed by atoms with van der Waals surface area (Å²) in [6.45, 7) is 3.67. The number of nitrogens with zero attached hydrogens (tertiary/aromatic N) is 2. The second-order valence-electron chi connectivity index (χ2n) is 8.09. The van der Waals surface area contributed by atoms with E-state index in [1.54, 1.807) is 11.3 Å². The molecule has 2 saturated heterocycles. The number of carbonyl (C=O) groups excluding carboxylic acids is 2. The van der Waals surface area contributed by atoms with Crippen LogP contribution in [-0.4, -0.2) is 47.8 Å². The third kappa shape index (κ3) is 3.83. The maximum Gasteiger partial charge on any atom is 0.263 e. The third-order valence-electron chi connectivity index (χ3n) is 6.20. The molecule has 0 aromatic carbocycles. The van der Waals surface area contributed by atoms with Crippen molar-refractivity contribution in [1.29, 1.82) is 0 Å². The van der Waals surface area contributed by atoms with Gasteiger partial charge in [0.1, 0.15) is 0 Å². The van der Waals surface area contributed by atoms with Crippen molar-refractivity contribution in [3.63, 3.8) is 0 Å². The van der Waals surface area contributed by atoms with Crippen LogP contribution in [0.3, 0.4) is 0 Å². The van der Waals surface area contributed by atoms with Crippen LogP contribution in [0.2, 0.25) is 0 Å². The van der Waals surface area contributed by atoms with E-state index in [0.717, 1.165) is 76.0 Å². The summed E-state index contributed by atoms with van der Waals surface area (Å²) in [6.07, 6.45) is 11.0. The molecule has 0 saturated carbocycles. The van der Waals surface area contributed by atoms with Crippen LogP contribution in [0.1, 0.15) is 71.5 Å². The molecule has 4 rings (SSSR count). The van der Waals surface area contributed by atoms with Crippen molar-refractivity contribution in [2.75, 3.05) is 26.2 Å². The summed E-state index contributed by atoms with van der Waals surface area (Å²) in [5.41, 5.74) is 1.26. The number of amides is 2. The summed E-state index contributed by atoms with van der Waals surface area (Å²) < 4.78 is 0. The van der Waals surface area contributed by atoms with Gasteiger partial charge in [-0.3, -0.25) is 9.59 Å². The third-order valence-corrected chi connectivity index (χ3v) is 7.43. The van der Waals surface area contributed by atoms with Crippen LogP contribution in [0, 0.1) is 5.92 Å². The van der Waals surface area contributed by atoms with Gasteiger partial charge in [0, 0.05) is 37.0 Å². The molecule has 3 aliphatic rings. The molecule has 4 nitrogen and oxygen atoms in total. The molecule has 0 N–H and O–H groups in total. The van der Waals surface area contributed by atoms with E-state index in [2.05, 4.69) is 11.0 Å². The van der Waals surface area contributed by atoms with Crippen LogP contribution in [0.5, 0.6) is 0 Å². The summed E-state index contributed by atoms with van der Waals surface area (Å²) in [6, 6.07) is 2.10. The van der Waals surface area contributed by atoms with Crippen molar-refractivity contribution in [2.45, 2.75) is 64.2 Å². The molecule has 0 radical (unpaired) electrons. The Morgan fingerprint density at radius 1 is 0.885 bits per heavy atom. The van der Waals surface area contributed by atoms with Gasteiger partial charge in [-0.25, -0.2) is 0 Å². The van der Waals surface area contributed by atoms with Crippen LogP contribution < -0.4 is 0 Å². The van der Waals surface area contributed by atoms with E-state index in [4.69, 9.17) is 0 Å². The zero-order valence-corrected chi connectivity index (χ0v) is 16.5. The molecule has 3 heterocycles. The zero-order valence-electron chi connectivity index (χ0n) is 15.7. The van der Waals surface area contributed by atoms with Gasteiger partial charge in [-0.05, 0) is 63.0 Å². The molecule has 0 bridgehead atoms. The Kier molecular flexibility index (Phi) is 5.63. The minimum atomic E-state index is 0.119. The van der Waals surface area contributed by atoms with Gasteiger partial charge in [0.2, 0.25) is 5.91 Å². The van der Waals surface area contributed by atoms with Crippen LogP contribution in [-0.2, 0) is 17.6 Å². The Labute approximate surface area is 160 Å². The Hall–Kier alpha value is -1.36. The van der Waals surface area contributed by atoms with Gasteiger partial charge >= 0.3 is 0 Å². The van der Waals surface area contributed by atoms with E-state index in [9.17, 15) is 9.59 Å². The topological polar surface area (TPSA) is 40.6 Å². The Morgan fingerprint density at radius 3 is 2.19 bits per heavy atom. The number of piperidine rings is 1. The predicted octanol–water partition coefficient (Wildman–Crippen LogP) is 3.88. The van der Waals surface area contributed by atoms with Crippen LogP contribution >= 0.6 is 11.3 Å². The first kappa shape index (κ1) is 18.0. The highest BCUT2D eigenvalue weighted by Crippen LogP contribution is 2.34. The number of carbonyl (C=O) groups is 2. The lowest BCUT2D eigenvalue weighted by atomic mass is 9.87. The molecule has 1 atom stereocenters. The minimum Gasteiger partial charge on any atom is -0.342 e. The molecular formula is C21H30N2O2S. The molecule has 26 heavy (non-hydrogen) atoms. The lowest BCUT2D eigenvalue weighted by Crippen LogP contribution is -2.38. The fourth-order valence-corrected chi connectivity index (χ4v) is 5.82. The number of aryl methyl sites for hydroxylation is 1. The van der Waals surface area contributed by atoms with Gasteiger partial charge in [-0.15, -0.1) is 11.3 Å². The van der Waals surface area contributed by atoms with E-state index in [1.165, 1.54) is 29.7 Å². The molecule has 2 amide bonds. The molecule has 142 valence electrons. The highest BCUT2D eigenvalue weighted by atomic mass is 32.1. The van der Waals surface area contributed by atoms with Gasteiger partial charge in [-0.2, -0.15) is 0 Å². The molecule has 0 unspecified atom stereocenters. The summed E-state index contributed by atoms with van der Waals surface area (Å²) in [4.78, 5) is 32.1.